The molecule has 1 aromatic carbocycles. The van der Waals surface area contributed by atoms with Crippen molar-refractivity contribution in [2.24, 2.45) is 5.73 Å². The summed E-state index contributed by atoms with van der Waals surface area (Å²) in [7, 11) is 0. The largest absolute Gasteiger partial charge is 0.338 e. The van der Waals surface area contributed by atoms with Crippen LogP contribution in [0.4, 0.5) is 11.6 Å². The number of benzene rings is 1. The number of aromatic amines is 1. The number of hydrogen-bond acceptors (Lipinski definition) is 6. The molecule has 3 N–H and O–H groups in total. The number of nitro benzene ring substituents is 1. The number of nitrogens with one attached hydrogen (secondary N) is 1. The van der Waals surface area contributed by atoms with Crippen LogP contribution in [0, 0.1) is 17.0 Å². The Balaban J connectivity index is 1.97. The maximum absolute atomic E-state index is 11.2. The van der Waals surface area contributed by atoms with Gasteiger partial charge in [0.1, 0.15) is 0 Å². The third kappa shape index (κ3) is 2.45. The Labute approximate surface area is 121 Å². The van der Waals surface area contributed by atoms with Crippen molar-refractivity contribution in [3.05, 3.63) is 33.9 Å². The van der Waals surface area contributed by atoms with E-state index in [0.29, 0.717) is 29.4 Å². The molecule has 1 aliphatic rings. The second-order valence-corrected chi connectivity index (χ2v) is 5.21. The molecule has 1 aliphatic heterocycles. The van der Waals surface area contributed by atoms with Gasteiger partial charge in [0.2, 0.25) is 5.95 Å². The predicted molar refractivity (Wildman–Crippen MR) is 78.0 cm³/mol. The monoisotopic (exact) mass is 288 g/mol. The molecule has 1 saturated heterocycles. The highest BCUT2D eigenvalue weighted by Crippen LogP contribution is 2.31. The third-order valence-electron chi connectivity index (χ3n) is 3.66. The van der Waals surface area contributed by atoms with E-state index in [2.05, 4.69) is 15.2 Å². The van der Waals surface area contributed by atoms with E-state index in [1.807, 2.05) is 4.90 Å². The number of aryl methyl sites for hydroxylation is 1. The van der Waals surface area contributed by atoms with Gasteiger partial charge < -0.3 is 10.6 Å². The van der Waals surface area contributed by atoms with Gasteiger partial charge in [-0.1, -0.05) is 12.1 Å². The second kappa shape index (κ2) is 5.13. The van der Waals surface area contributed by atoms with Crippen molar-refractivity contribution in [1.29, 1.82) is 0 Å². The molecule has 0 aliphatic carbocycles. The first kappa shape index (κ1) is 13.5. The molecular formula is C13H16N6O2. The fourth-order valence-corrected chi connectivity index (χ4v) is 2.58. The van der Waals surface area contributed by atoms with Gasteiger partial charge in [0, 0.05) is 24.7 Å². The summed E-state index contributed by atoms with van der Waals surface area (Å²) in [5.41, 5.74) is 6.96. The summed E-state index contributed by atoms with van der Waals surface area (Å²) in [5.74, 6) is 0.939. The first-order chi connectivity index (χ1) is 10.1. The lowest BCUT2D eigenvalue weighted by Crippen LogP contribution is -2.26. The average Bonchev–Trinajstić information content (AvgIpc) is 3.06. The summed E-state index contributed by atoms with van der Waals surface area (Å²) < 4.78 is 0. The molecule has 1 fully saturated rings. The summed E-state index contributed by atoms with van der Waals surface area (Å²) >= 11 is 0. The Morgan fingerprint density at radius 1 is 1.52 bits per heavy atom. The quantitative estimate of drug-likeness (QED) is 0.648. The van der Waals surface area contributed by atoms with Crippen LogP contribution in [0.1, 0.15) is 12.0 Å². The highest BCUT2D eigenvalue weighted by atomic mass is 16.6. The lowest BCUT2D eigenvalue weighted by atomic mass is 10.1. The minimum atomic E-state index is -0.390. The maximum Gasteiger partial charge on any atom is 0.283 e. The third-order valence-corrected chi connectivity index (χ3v) is 3.66. The smallest absolute Gasteiger partial charge is 0.283 e. The first-order valence-corrected chi connectivity index (χ1v) is 6.73. The van der Waals surface area contributed by atoms with Crippen LogP contribution in [-0.2, 0) is 0 Å². The van der Waals surface area contributed by atoms with Gasteiger partial charge in [0.05, 0.1) is 10.5 Å². The van der Waals surface area contributed by atoms with Gasteiger partial charge in [-0.15, -0.1) is 5.10 Å². The van der Waals surface area contributed by atoms with E-state index in [1.165, 1.54) is 0 Å². The highest BCUT2D eigenvalue weighted by molar-refractivity contribution is 5.71. The fraction of sp³-hybridized carbons (Fsp3) is 0.385. The van der Waals surface area contributed by atoms with E-state index in [1.54, 1.807) is 25.1 Å². The van der Waals surface area contributed by atoms with Crippen molar-refractivity contribution in [2.75, 3.05) is 18.0 Å². The molecule has 3 rings (SSSR count). The van der Waals surface area contributed by atoms with Gasteiger partial charge in [-0.25, -0.2) is 0 Å². The molecule has 0 bridgehead atoms. The molecule has 0 radical (unpaired) electrons. The molecule has 2 aromatic rings. The Bertz CT molecular complexity index is 683. The van der Waals surface area contributed by atoms with Gasteiger partial charge in [0.25, 0.3) is 5.69 Å². The van der Waals surface area contributed by atoms with Gasteiger partial charge in [0.15, 0.2) is 5.82 Å². The number of anilines is 1. The summed E-state index contributed by atoms with van der Waals surface area (Å²) in [6.07, 6.45) is 0.897. The molecule has 1 atom stereocenters. The van der Waals surface area contributed by atoms with Crippen LogP contribution in [0.25, 0.3) is 11.4 Å². The molecular weight excluding hydrogens is 272 g/mol. The topological polar surface area (TPSA) is 114 Å². The van der Waals surface area contributed by atoms with Crippen molar-refractivity contribution < 1.29 is 4.92 Å². The molecule has 21 heavy (non-hydrogen) atoms. The number of para-hydroxylation sites is 1. The predicted octanol–water partition coefficient (Wildman–Crippen LogP) is 1.23. The lowest BCUT2D eigenvalue weighted by Gasteiger charge is -2.11. The van der Waals surface area contributed by atoms with Crippen molar-refractivity contribution >= 4 is 11.6 Å². The van der Waals surface area contributed by atoms with Crippen molar-refractivity contribution in [1.82, 2.24) is 15.2 Å². The summed E-state index contributed by atoms with van der Waals surface area (Å²) in [6.45, 7) is 3.21. The van der Waals surface area contributed by atoms with E-state index in [9.17, 15) is 10.1 Å². The minimum Gasteiger partial charge on any atom is -0.338 e. The van der Waals surface area contributed by atoms with Crippen LogP contribution in [0.15, 0.2) is 18.2 Å². The zero-order valence-corrected chi connectivity index (χ0v) is 11.6. The summed E-state index contributed by atoms with van der Waals surface area (Å²) in [4.78, 5) is 17.2. The number of H-pyrrole nitrogens is 1. The van der Waals surface area contributed by atoms with Gasteiger partial charge in [-0.3, -0.25) is 15.2 Å². The van der Waals surface area contributed by atoms with Crippen LogP contribution in [0.3, 0.4) is 0 Å². The van der Waals surface area contributed by atoms with Crippen LogP contribution < -0.4 is 10.6 Å². The van der Waals surface area contributed by atoms with Gasteiger partial charge >= 0.3 is 0 Å². The lowest BCUT2D eigenvalue weighted by molar-refractivity contribution is -0.384. The van der Waals surface area contributed by atoms with Crippen LogP contribution in [0.5, 0.6) is 0 Å². The SMILES string of the molecule is Cc1cccc(-c2nc(N3CCC(N)C3)n[nH]2)c1[N+](=O)[O-]. The van der Waals surface area contributed by atoms with Crippen molar-refractivity contribution in [2.45, 2.75) is 19.4 Å². The number of nitro groups is 1. The Morgan fingerprint density at radius 3 is 3.00 bits per heavy atom. The summed E-state index contributed by atoms with van der Waals surface area (Å²) in [5, 5.41) is 18.2. The molecule has 0 spiro atoms. The number of aromatic nitrogens is 3. The van der Waals surface area contributed by atoms with E-state index in [0.717, 1.165) is 13.0 Å². The zero-order valence-electron chi connectivity index (χ0n) is 11.6. The number of hydrogen-bond donors (Lipinski definition) is 2. The summed E-state index contributed by atoms with van der Waals surface area (Å²) in [6, 6.07) is 5.27. The van der Waals surface area contributed by atoms with Crippen molar-refractivity contribution in [3.8, 4) is 11.4 Å². The van der Waals surface area contributed by atoms with Gasteiger partial charge in [-0.2, -0.15) is 4.98 Å². The van der Waals surface area contributed by atoms with Crippen LogP contribution >= 0.6 is 0 Å². The zero-order chi connectivity index (χ0) is 15.0. The minimum absolute atomic E-state index is 0.0540. The standard InChI is InChI=1S/C13H16N6O2/c1-8-3-2-4-10(11(8)19(20)21)12-15-13(17-16-12)18-6-5-9(14)7-18/h2-4,9H,5-7,14H2,1H3,(H,15,16,17). The van der Waals surface area contributed by atoms with Crippen molar-refractivity contribution in [3.63, 3.8) is 0 Å². The van der Waals surface area contributed by atoms with E-state index in [4.69, 9.17) is 5.73 Å². The first-order valence-electron chi connectivity index (χ1n) is 6.73. The number of rotatable bonds is 3. The van der Waals surface area contributed by atoms with E-state index >= 15 is 0 Å². The molecule has 110 valence electrons. The highest BCUT2D eigenvalue weighted by Gasteiger charge is 2.25. The average molecular weight is 288 g/mol. The van der Waals surface area contributed by atoms with Crippen LogP contribution in [0.2, 0.25) is 0 Å². The molecule has 1 aromatic heterocycles. The van der Waals surface area contributed by atoms with Crippen LogP contribution in [-0.4, -0.2) is 39.2 Å². The normalized spacial score (nSPS) is 18.2. The number of nitrogens with two attached hydrogens (primary N) is 1. The second-order valence-electron chi connectivity index (χ2n) is 5.21. The van der Waals surface area contributed by atoms with E-state index in [-0.39, 0.29) is 11.7 Å². The number of nitrogens with zero attached hydrogens (tertiary/aromatic N) is 4. The Kier molecular flexibility index (Phi) is 3.30. The molecule has 8 nitrogen and oxygen atoms in total. The maximum atomic E-state index is 11.2. The molecule has 2 heterocycles. The molecule has 1 unspecified atom stereocenters. The Morgan fingerprint density at radius 2 is 2.33 bits per heavy atom. The molecule has 0 amide bonds. The molecule has 8 heteroatoms. The fourth-order valence-electron chi connectivity index (χ4n) is 2.58. The Hall–Kier alpha value is -2.48. The van der Waals surface area contributed by atoms with Gasteiger partial charge in [-0.05, 0) is 19.4 Å². The van der Waals surface area contributed by atoms with E-state index < -0.39 is 4.92 Å². The molecule has 0 saturated carbocycles.